The molecule has 1 aliphatic rings. The SMILES string of the molecule is Cc1ccn2nc([C@H](C)Nc3ncnc4c3c(-c3ccnc(NS(=O)(=O)CC5CCOCC5)c3)cn4COCC[Si](C)(C)C)n(-c3ccccc3)c(=O)c12. The van der Waals surface area contributed by atoms with Crippen LogP contribution < -0.4 is 15.6 Å². The number of benzene rings is 1. The van der Waals surface area contributed by atoms with E-state index in [0.29, 0.717) is 72.1 Å². The molecule has 1 aliphatic heterocycles. The van der Waals surface area contributed by atoms with Crippen molar-refractivity contribution in [1.29, 1.82) is 0 Å². The van der Waals surface area contributed by atoms with Gasteiger partial charge in [-0.2, -0.15) is 5.10 Å². The predicted octanol–water partition coefficient (Wildman–Crippen LogP) is 6.25. The predicted molar refractivity (Wildman–Crippen MR) is 213 cm³/mol. The molecule has 0 saturated carbocycles. The molecule has 6 heterocycles. The first-order chi connectivity index (χ1) is 25.9. The molecule has 0 spiro atoms. The number of para-hydroxylation sites is 1. The fraction of sp³-hybridized carbons (Fsp3) is 0.395. The van der Waals surface area contributed by atoms with Gasteiger partial charge in [0.1, 0.15) is 35.9 Å². The lowest BCUT2D eigenvalue weighted by atomic mass is 10.0. The molecule has 1 aromatic carbocycles. The van der Waals surface area contributed by atoms with Gasteiger partial charge in [-0.1, -0.05) is 37.8 Å². The average molecular weight is 770 g/mol. The number of nitrogens with one attached hydrogen (secondary N) is 2. The fourth-order valence-corrected chi connectivity index (χ4v) is 9.00. The van der Waals surface area contributed by atoms with Gasteiger partial charge >= 0.3 is 0 Å². The van der Waals surface area contributed by atoms with Crippen molar-refractivity contribution in [2.45, 2.75) is 65.1 Å². The van der Waals surface area contributed by atoms with Crippen LogP contribution in [0, 0.1) is 12.8 Å². The quantitative estimate of drug-likeness (QED) is 0.0958. The zero-order chi connectivity index (χ0) is 38.0. The van der Waals surface area contributed by atoms with Crippen LogP contribution in [0.25, 0.3) is 33.4 Å². The van der Waals surface area contributed by atoms with E-state index >= 15 is 0 Å². The van der Waals surface area contributed by atoms with E-state index in [9.17, 15) is 13.2 Å². The number of hydrogen-bond donors (Lipinski definition) is 2. The molecule has 14 nitrogen and oxygen atoms in total. The third-order valence-electron chi connectivity index (χ3n) is 9.68. The van der Waals surface area contributed by atoms with Gasteiger partial charge < -0.3 is 19.4 Å². The molecule has 1 fully saturated rings. The van der Waals surface area contributed by atoms with Gasteiger partial charge in [0.15, 0.2) is 5.82 Å². The van der Waals surface area contributed by atoms with Crippen molar-refractivity contribution < 1.29 is 17.9 Å². The van der Waals surface area contributed by atoms with Crippen LogP contribution in [0.3, 0.4) is 0 Å². The van der Waals surface area contributed by atoms with Crippen LogP contribution in [0.15, 0.2) is 78.2 Å². The van der Waals surface area contributed by atoms with Gasteiger partial charge in [0.05, 0.1) is 22.9 Å². The summed E-state index contributed by atoms with van der Waals surface area (Å²) in [5.41, 5.74) is 3.96. The summed E-state index contributed by atoms with van der Waals surface area (Å²) in [6.45, 7) is 12.8. The molecule has 1 atom stereocenters. The lowest BCUT2D eigenvalue weighted by Gasteiger charge is -2.21. The molecule has 0 amide bonds. The fourth-order valence-electron chi connectivity index (χ4n) is 6.78. The monoisotopic (exact) mass is 769 g/mol. The van der Waals surface area contributed by atoms with Gasteiger partial charge in [0, 0.05) is 52.0 Å². The molecule has 0 bridgehead atoms. The third kappa shape index (κ3) is 8.26. The first-order valence-electron chi connectivity index (χ1n) is 18.3. The molecule has 1 saturated heterocycles. The molecule has 2 N–H and O–H groups in total. The largest absolute Gasteiger partial charge is 0.381 e. The van der Waals surface area contributed by atoms with E-state index in [4.69, 9.17) is 24.5 Å². The van der Waals surface area contributed by atoms with Crippen molar-refractivity contribution in [2.24, 2.45) is 5.92 Å². The van der Waals surface area contributed by atoms with Gasteiger partial charge in [-0.05, 0) is 80.1 Å². The summed E-state index contributed by atoms with van der Waals surface area (Å²) in [5.74, 6) is 1.26. The maximum Gasteiger partial charge on any atom is 0.282 e. The van der Waals surface area contributed by atoms with Crippen LogP contribution in [-0.4, -0.2) is 75.8 Å². The molecule has 54 heavy (non-hydrogen) atoms. The molecule has 0 radical (unpaired) electrons. The zero-order valence-corrected chi connectivity index (χ0v) is 33.1. The summed E-state index contributed by atoms with van der Waals surface area (Å²) in [6.07, 6.45) is 8.24. The second-order valence-corrected chi connectivity index (χ2v) is 22.5. The van der Waals surface area contributed by atoms with E-state index < -0.39 is 24.1 Å². The topological polar surface area (TPSA) is 160 Å². The van der Waals surface area contributed by atoms with Crippen molar-refractivity contribution in [3.63, 3.8) is 0 Å². The molecule has 7 rings (SSSR count). The van der Waals surface area contributed by atoms with Crippen LogP contribution >= 0.6 is 0 Å². The molecular weight excluding hydrogens is 723 g/mol. The first kappa shape index (κ1) is 37.4. The maximum absolute atomic E-state index is 14.0. The Morgan fingerprint density at radius 1 is 1.06 bits per heavy atom. The van der Waals surface area contributed by atoms with Crippen molar-refractivity contribution in [3.8, 4) is 16.8 Å². The van der Waals surface area contributed by atoms with Crippen LogP contribution in [0.1, 0.15) is 37.2 Å². The first-order valence-corrected chi connectivity index (χ1v) is 23.6. The van der Waals surface area contributed by atoms with E-state index in [1.807, 2.05) is 67.1 Å². The number of ether oxygens (including phenoxy) is 2. The number of sulfonamides is 1. The number of pyridine rings is 1. The smallest absolute Gasteiger partial charge is 0.282 e. The Morgan fingerprint density at radius 3 is 2.59 bits per heavy atom. The number of fused-ring (bicyclic) bond motifs is 2. The maximum atomic E-state index is 14.0. The second-order valence-electron chi connectivity index (χ2n) is 15.1. The van der Waals surface area contributed by atoms with Crippen molar-refractivity contribution in [3.05, 3.63) is 95.2 Å². The molecule has 284 valence electrons. The summed E-state index contributed by atoms with van der Waals surface area (Å²) in [5, 5.41) is 9.17. The summed E-state index contributed by atoms with van der Waals surface area (Å²) in [6, 6.07) is 15.4. The summed E-state index contributed by atoms with van der Waals surface area (Å²) in [4.78, 5) is 27.8. The Balaban J connectivity index is 1.28. The van der Waals surface area contributed by atoms with Crippen molar-refractivity contribution in [1.82, 2.24) is 33.7 Å². The van der Waals surface area contributed by atoms with Crippen LogP contribution in [0.4, 0.5) is 11.6 Å². The van der Waals surface area contributed by atoms with E-state index in [0.717, 1.165) is 17.2 Å². The van der Waals surface area contributed by atoms with Crippen molar-refractivity contribution in [2.75, 3.05) is 35.6 Å². The Hall–Kier alpha value is -4.90. The van der Waals surface area contributed by atoms with E-state index in [2.05, 4.69) is 34.7 Å². The number of hydrogen-bond acceptors (Lipinski definition) is 10. The zero-order valence-electron chi connectivity index (χ0n) is 31.3. The van der Waals surface area contributed by atoms with Gasteiger partial charge in [-0.15, -0.1) is 0 Å². The number of nitrogens with zero attached hydrogens (tertiary/aromatic N) is 7. The Kier molecular flexibility index (Phi) is 10.7. The molecular formula is C38H47N9O5SSi. The molecule has 6 aromatic rings. The number of anilines is 2. The normalized spacial score (nSPS) is 14.8. The summed E-state index contributed by atoms with van der Waals surface area (Å²) in [7, 11) is -4.98. The summed E-state index contributed by atoms with van der Waals surface area (Å²) >= 11 is 0. The van der Waals surface area contributed by atoms with E-state index in [1.165, 1.54) is 6.33 Å². The minimum absolute atomic E-state index is 0.00654. The van der Waals surface area contributed by atoms with Gasteiger partial charge in [-0.3, -0.25) is 14.1 Å². The van der Waals surface area contributed by atoms with E-state index in [-0.39, 0.29) is 29.8 Å². The van der Waals surface area contributed by atoms with Gasteiger partial charge in [0.2, 0.25) is 10.0 Å². The molecule has 0 aliphatic carbocycles. The highest BCUT2D eigenvalue weighted by Crippen LogP contribution is 2.36. The highest BCUT2D eigenvalue weighted by atomic mass is 32.2. The number of rotatable bonds is 14. The van der Waals surface area contributed by atoms with Crippen LogP contribution in [0.2, 0.25) is 25.7 Å². The highest BCUT2D eigenvalue weighted by Gasteiger charge is 2.25. The van der Waals surface area contributed by atoms with Crippen molar-refractivity contribution >= 4 is 46.3 Å². The Labute approximate surface area is 315 Å². The van der Waals surface area contributed by atoms with Crippen LogP contribution in [-0.2, 0) is 26.2 Å². The number of aromatic nitrogens is 7. The molecule has 16 heteroatoms. The minimum Gasteiger partial charge on any atom is -0.381 e. The Morgan fingerprint density at radius 2 is 1.83 bits per heavy atom. The van der Waals surface area contributed by atoms with Crippen LogP contribution in [0.5, 0.6) is 0 Å². The second kappa shape index (κ2) is 15.5. The lowest BCUT2D eigenvalue weighted by Crippen LogP contribution is -2.29. The standard InChI is InChI=1S/C38H47N9O5SSi/c1-26-12-16-46-34(26)38(48)47(30-9-7-6-8-10-30)36(43-46)27(2)42-35-33-31(22-45(37(33)41-24-40-35)25-52-19-20-54(3,4)5)29-11-15-39-32(21-29)44-53(49,50)23-28-13-17-51-18-14-28/h6-12,15-16,21-22,24,27-28H,13-14,17-20,23,25H2,1-5H3,(H,39,44)(H,40,41,42)/t27-/m0/s1. The minimum atomic E-state index is -3.66. The average Bonchev–Trinajstić information content (AvgIpc) is 3.71. The van der Waals surface area contributed by atoms with Gasteiger partial charge in [-0.25, -0.2) is 27.9 Å². The van der Waals surface area contributed by atoms with Gasteiger partial charge in [0.25, 0.3) is 5.56 Å². The van der Waals surface area contributed by atoms with E-state index in [1.54, 1.807) is 27.5 Å². The molecule has 5 aromatic heterocycles. The molecule has 0 unspecified atom stereocenters. The Bertz CT molecular complexity index is 2440. The highest BCUT2D eigenvalue weighted by molar-refractivity contribution is 7.92. The third-order valence-corrected chi connectivity index (χ3v) is 12.8. The number of aryl methyl sites for hydroxylation is 1. The summed E-state index contributed by atoms with van der Waals surface area (Å²) < 4.78 is 45.9. The lowest BCUT2D eigenvalue weighted by molar-refractivity contribution is 0.0724.